The molecule has 0 bridgehead atoms. The molecule has 1 aromatic carbocycles. The number of rotatable bonds is 12. The Balaban J connectivity index is 1.64. The van der Waals surface area contributed by atoms with Gasteiger partial charge in [-0.2, -0.15) is 5.10 Å². The molecule has 26 heavy (non-hydrogen) atoms. The van der Waals surface area contributed by atoms with Crippen LogP contribution in [0.1, 0.15) is 69.5 Å². The summed E-state index contributed by atoms with van der Waals surface area (Å²) >= 11 is 0. The second kappa shape index (κ2) is 11.3. The molecule has 1 heterocycles. The van der Waals surface area contributed by atoms with Crippen LogP contribution in [0.15, 0.2) is 35.6 Å². The van der Waals surface area contributed by atoms with Gasteiger partial charge >= 0.3 is 0 Å². The van der Waals surface area contributed by atoms with E-state index in [9.17, 15) is 0 Å². The quantitative estimate of drug-likeness (QED) is 0.421. The Labute approximate surface area is 157 Å². The molecule has 1 aromatic heterocycles. The Morgan fingerprint density at radius 1 is 1.04 bits per heavy atom. The summed E-state index contributed by atoms with van der Waals surface area (Å²) in [7, 11) is 0. The Kier molecular flexibility index (Phi) is 8.73. The third kappa shape index (κ3) is 7.30. The average molecular weight is 357 g/mol. The van der Waals surface area contributed by atoms with Crippen LogP contribution in [0.5, 0.6) is 5.75 Å². The van der Waals surface area contributed by atoms with Gasteiger partial charge in [-0.15, -0.1) is 0 Å². The highest BCUT2D eigenvalue weighted by Gasteiger charge is 1.99. The van der Waals surface area contributed by atoms with Crippen LogP contribution in [0.3, 0.4) is 0 Å². The SMILES string of the molecule is CCCCCCCCCCOc1ccc(C=Nn2cc(C)nc2N)cc1. The van der Waals surface area contributed by atoms with Gasteiger partial charge in [-0.1, -0.05) is 51.9 Å². The molecule has 2 rings (SSSR count). The molecular weight excluding hydrogens is 324 g/mol. The van der Waals surface area contributed by atoms with Crippen molar-refractivity contribution in [1.82, 2.24) is 9.66 Å². The van der Waals surface area contributed by atoms with E-state index in [0.717, 1.165) is 30.0 Å². The number of aromatic nitrogens is 2. The highest BCUT2D eigenvalue weighted by Crippen LogP contribution is 2.13. The molecule has 2 aromatic rings. The molecule has 0 saturated carbocycles. The maximum Gasteiger partial charge on any atom is 0.221 e. The molecule has 0 spiro atoms. The number of nitrogen functional groups attached to an aromatic ring is 1. The predicted molar refractivity (Wildman–Crippen MR) is 109 cm³/mol. The average Bonchev–Trinajstić information content (AvgIpc) is 2.97. The lowest BCUT2D eigenvalue weighted by molar-refractivity contribution is 0.304. The highest BCUT2D eigenvalue weighted by atomic mass is 16.5. The molecule has 2 N–H and O–H groups in total. The second-order valence-electron chi connectivity index (χ2n) is 6.72. The fraction of sp³-hybridized carbons (Fsp3) is 0.524. The fourth-order valence-electron chi connectivity index (χ4n) is 2.80. The molecule has 0 amide bonds. The molecule has 0 saturated heterocycles. The summed E-state index contributed by atoms with van der Waals surface area (Å²) in [5, 5.41) is 4.31. The first-order chi connectivity index (χ1) is 12.7. The number of imidazole rings is 1. The highest BCUT2D eigenvalue weighted by molar-refractivity contribution is 5.79. The van der Waals surface area contributed by atoms with Crippen molar-refractivity contribution in [2.24, 2.45) is 5.10 Å². The number of unbranched alkanes of at least 4 members (excludes halogenated alkanes) is 7. The lowest BCUT2D eigenvalue weighted by atomic mass is 10.1. The normalized spacial score (nSPS) is 11.3. The Bertz CT molecular complexity index is 661. The zero-order chi connectivity index (χ0) is 18.6. The van der Waals surface area contributed by atoms with Crippen LogP contribution in [0.2, 0.25) is 0 Å². The maximum atomic E-state index is 5.81. The van der Waals surface area contributed by atoms with E-state index in [1.165, 1.54) is 44.9 Å². The van der Waals surface area contributed by atoms with Crippen molar-refractivity contribution in [3.8, 4) is 5.75 Å². The van der Waals surface area contributed by atoms with Crippen LogP contribution in [0, 0.1) is 6.92 Å². The van der Waals surface area contributed by atoms with Gasteiger partial charge in [0.05, 0.1) is 24.7 Å². The van der Waals surface area contributed by atoms with Crippen LogP contribution in [-0.2, 0) is 0 Å². The number of nitrogens with two attached hydrogens (primary N) is 1. The lowest BCUT2D eigenvalue weighted by Crippen LogP contribution is -1.98. The minimum Gasteiger partial charge on any atom is -0.494 e. The van der Waals surface area contributed by atoms with Crippen molar-refractivity contribution in [2.45, 2.75) is 65.2 Å². The summed E-state index contributed by atoms with van der Waals surface area (Å²) in [6.07, 6.45) is 14.1. The summed E-state index contributed by atoms with van der Waals surface area (Å²) in [5.74, 6) is 1.30. The maximum absolute atomic E-state index is 5.81. The monoisotopic (exact) mass is 356 g/mol. The summed E-state index contributed by atoms with van der Waals surface area (Å²) in [6, 6.07) is 7.95. The van der Waals surface area contributed by atoms with Gasteiger partial charge in [-0.05, 0) is 43.2 Å². The van der Waals surface area contributed by atoms with Crippen LogP contribution in [0.25, 0.3) is 0 Å². The zero-order valence-electron chi connectivity index (χ0n) is 16.2. The van der Waals surface area contributed by atoms with Crippen molar-refractivity contribution in [2.75, 3.05) is 12.3 Å². The molecule has 0 radical (unpaired) electrons. The fourth-order valence-corrected chi connectivity index (χ4v) is 2.80. The zero-order valence-corrected chi connectivity index (χ0v) is 16.2. The van der Waals surface area contributed by atoms with E-state index in [4.69, 9.17) is 10.5 Å². The van der Waals surface area contributed by atoms with Gasteiger partial charge in [0, 0.05) is 0 Å². The third-order valence-corrected chi connectivity index (χ3v) is 4.31. The van der Waals surface area contributed by atoms with Crippen molar-refractivity contribution in [1.29, 1.82) is 0 Å². The van der Waals surface area contributed by atoms with E-state index >= 15 is 0 Å². The van der Waals surface area contributed by atoms with Crippen molar-refractivity contribution in [3.63, 3.8) is 0 Å². The van der Waals surface area contributed by atoms with E-state index in [1.807, 2.05) is 31.2 Å². The molecule has 5 nitrogen and oxygen atoms in total. The van der Waals surface area contributed by atoms with Gasteiger partial charge in [-0.3, -0.25) is 0 Å². The van der Waals surface area contributed by atoms with Gasteiger partial charge < -0.3 is 10.5 Å². The van der Waals surface area contributed by atoms with E-state index in [-0.39, 0.29) is 0 Å². The first kappa shape index (κ1) is 20.0. The van der Waals surface area contributed by atoms with Gasteiger partial charge in [0.15, 0.2) is 0 Å². The number of hydrogen-bond donors (Lipinski definition) is 1. The number of hydrogen-bond acceptors (Lipinski definition) is 4. The Hall–Kier alpha value is -2.30. The molecule has 5 heteroatoms. The minimum absolute atomic E-state index is 0.393. The largest absolute Gasteiger partial charge is 0.494 e. The molecule has 0 fully saturated rings. The summed E-state index contributed by atoms with van der Waals surface area (Å²) < 4.78 is 7.38. The minimum atomic E-state index is 0.393. The van der Waals surface area contributed by atoms with Gasteiger partial charge in [-0.25, -0.2) is 9.66 Å². The molecule has 0 aliphatic carbocycles. The topological polar surface area (TPSA) is 65.4 Å². The van der Waals surface area contributed by atoms with E-state index in [0.29, 0.717) is 5.95 Å². The van der Waals surface area contributed by atoms with Crippen LogP contribution in [-0.4, -0.2) is 22.5 Å². The summed E-state index contributed by atoms with van der Waals surface area (Å²) in [4.78, 5) is 4.12. The van der Waals surface area contributed by atoms with Crippen LogP contribution in [0.4, 0.5) is 5.95 Å². The standard InChI is InChI=1S/C21H32N4O/c1-3-4-5-6-7-8-9-10-15-26-20-13-11-19(12-14-20)16-23-25-17-18(2)24-21(25)22/h11-14,16-17H,3-10,15H2,1-2H3,(H2,22,24). The third-order valence-electron chi connectivity index (χ3n) is 4.31. The number of ether oxygens (including phenoxy) is 1. The molecular formula is C21H32N4O. The van der Waals surface area contributed by atoms with E-state index < -0.39 is 0 Å². The van der Waals surface area contributed by atoms with E-state index in [2.05, 4.69) is 17.0 Å². The summed E-state index contributed by atoms with van der Waals surface area (Å²) in [5.41, 5.74) is 7.61. The van der Waals surface area contributed by atoms with Gasteiger partial charge in [0.1, 0.15) is 5.75 Å². The Morgan fingerprint density at radius 2 is 1.69 bits per heavy atom. The Morgan fingerprint density at radius 3 is 2.31 bits per heavy atom. The van der Waals surface area contributed by atoms with Crippen molar-refractivity contribution >= 4 is 12.2 Å². The molecule has 0 aliphatic heterocycles. The number of nitrogens with zero attached hydrogens (tertiary/aromatic N) is 3. The number of benzene rings is 1. The van der Waals surface area contributed by atoms with E-state index in [1.54, 1.807) is 17.1 Å². The number of aryl methyl sites for hydroxylation is 1. The number of anilines is 1. The van der Waals surface area contributed by atoms with Gasteiger partial charge in [0.25, 0.3) is 0 Å². The van der Waals surface area contributed by atoms with Crippen molar-refractivity contribution < 1.29 is 4.74 Å². The first-order valence-electron chi connectivity index (χ1n) is 9.77. The van der Waals surface area contributed by atoms with Crippen molar-refractivity contribution in [3.05, 3.63) is 41.7 Å². The van der Waals surface area contributed by atoms with Gasteiger partial charge in [0.2, 0.25) is 5.95 Å². The molecule has 142 valence electrons. The van der Waals surface area contributed by atoms with Crippen LogP contribution >= 0.6 is 0 Å². The predicted octanol–water partition coefficient (Wildman–Crippen LogP) is 5.18. The molecule has 0 unspecified atom stereocenters. The van der Waals surface area contributed by atoms with Crippen LogP contribution < -0.4 is 10.5 Å². The summed E-state index contributed by atoms with van der Waals surface area (Å²) in [6.45, 7) is 4.93. The lowest BCUT2D eigenvalue weighted by Gasteiger charge is -2.06. The molecule has 0 atom stereocenters. The molecule has 0 aliphatic rings. The smallest absolute Gasteiger partial charge is 0.221 e. The second-order valence-corrected chi connectivity index (χ2v) is 6.72. The first-order valence-corrected chi connectivity index (χ1v) is 9.77.